The number of anilines is 2. The number of aryl methyl sites for hydroxylation is 1. The fourth-order valence-electron chi connectivity index (χ4n) is 5.85. The summed E-state index contributed by atoms with van der Waals surface area (Å²) >= 11 is 0. The maximum atomic E-state index is 13.5. The van der Waals surface area contributed by atoms with Crippen LogP contribution in [0.15, 0.2) is 59.5 Å². The number of benzene rings is 2. The number of ether oxygens (including phenoxy) is 4. The minimum Gasteiger partial charge on any atom is -0.497 e. The fourth-order valence-corrected chi connectivity index (χ4v) is 5.85. The lowest BCUT2D eigenvalue weighted by Crippen LogP contribution is -2.26. The molecule has 0 radical (unpaired) electrons. The van der Waals surface area contributed by atoms with Gasteiger partial charge in [-0.3, -0.25) is 19.4 Å². The molecule has 5 rings (SSSR count). The molecule has 11 nitrogen and oxygen atoms in total. The summed E-state index contributed by atoms with van der Waals surface area (Å²) in [6.45, 7) is 1.86. The maximum absolute atomic E-state index is 13.5. The molecule has 0 unspecified atom stereocenters. The van der Waals surface area contributed by atoms with Gasteiger partial charge in [-0.1, -0.05) is 6.07 Å². The van der Waals surface area contributed by atoms with Crippen molar-refractivity contribution < 1.29 is 28.5 Å². The van der Waals surface area contributed by atoms with E-state index in [1.54, 1.807) is 46.8 Å². The van der Waals surface area contributed by atoms with Gasteiger partial charge in [0.15, 0.2) is 11.5 Å². The van der Waals surface area contributed by atoms with Crippen molar-refractivity contribution in [3.63, 3.8) is 0 Å². The summed E-state index contributed by atoms with van der Waals surface area (Å²) < 4.78 is 22.3. The molecule has 3 N–H and O–H groups in total. The topological polar surface area (TPSA) is 137 Å². The normalized spacial score (nSPS) is 13.5. The van der Waals surface area contributed by atoms with Crippen molar-refractivity contribution in [1.29, 1.82) is 0 Å². The van der Waals surface area contributed by atoms with Crippen molar-refractivity contribution in [2.24, 2.45) is 0 Å². The molecule has 0 saturated carbocycles. The van der Waals surface area contributed by atoms with Gasteiger partial charge in [0.1, 0.15) is 5.75 Å². The number of hydrogen-bond acceptors (Lipinski definition) is 9. The fraction of sp³-hybridized carbons (Fsp3) is 0.314. The zero-order chi connectivity index (χ0) is 32.8. The first kappa shape index (κ1) is 32.1. The molecule has 0 bridgehead atoms. The van der Waals surface area contributed by atoms with Crippen LogP contribution < -0.4 is 40.3 Å². The lowest BCUT2D eigenvalue weighted by molar-refractivity contribution is -0.119. The van der Waals surface area contributed by atoms with Crippen molar-refractivity contribution in [2.75, 3.05) is 45.6 Å². The number of aromatic nitrogens is 1. The average Bonchev–Trinajstić information content (AvgIpc) is 3.29. The molecule has 0 aliphatic heterocycles. The van der Waals surface area contributed by atoms with Gasteiger partial charge in [-0.15, -0.1) is 0 Å². The number of rotatable bonds is 11. The van der Waals surface area contributed by atoms with Gasteiger partial charge in [0.25, 0.3) is 0 Å². The van der Waals surface area contributed by atoms with Crippen LogP contribution >= 0.6 is 0 Å². The van der Waals surface area contributed by atoms with Crippen LogP contribution in [0.25, 0.3) is 22.0 Å². The van der Waals surface area contributed by atoms with Crippen LogP contribution in [0.5, 0.6) is 23.0 Å². The molecular weight excluding hydrogens is 588 g/mol. The molecule has 2 amide bonds. The van der Waals surface area contributed by atoms with Crippen LogP contribution in [0.1, 0.15) is 43.4 Å². The second-order valence-corrected chi connectivity index (χ2v) is 11.0. The SMILES string of the molecule is COc1ccc2cc(NC(=O)CCCNc3ccc4c(cc3=O)[C@@H](NC(C)=O)CCc3cc(OC)c(OC)c(OC)c3-4)cnc2c1. The highest BCUT2D eigenvalue weighted by Crippen LogP contribution is 2.50. The van der Waals surface area contributed by atoms with Gasteiger partial charge in [-0.2, -0.15) is 0 Å². The first-order valence-electron chi connectivity index (χ1n) is 15.0. The summed E-state index contributed by atoms with van der Waals surface area (Å²) in [5, 5.41) is 9.98. The number of nitrogens with one attached hydrogen (secondary N) is 3. The molecule has 1 aliphatic carbocycles. The molecule has 0 saturated heterocycles. The standard InChI is InChI=1S/C35H38N4O7/c1-20(40)38-27-12-9-22-16-31(44-3)34(45-4)35(46-5)33(22)25-11-13-28(30(41)18-26(25)27)36-14-6-7-32(42)39-23-15-21-8-10-24(43-2)17-29(21)37-19-23/h8,10-11,13,15-19,27H,6-7,9,12,14H2,1-5H3,(H,36,41)(H,38,40)(H,39,42)/t27-/m0/s1. The first-order chi connectivity index (χ1) is 22.3. The van der Waals surface area contributed by atoms with E-state index in [2.05, 4.69) is 20.9 Å². The lowest BCUT2D eigenvalue weighted by atomic mass is 9.95. The Kier molecular flexibility index (Phi) is 9.90. The third-order valence-electron chi connectivity index (χ3n) is 7.99. The molecule has 1 aromatic heterocycles. The van der Waals surface area contributed by atoms with E-state index >= 15 is 0 Å². The van der Waals surface area contributed by atoms with Gasteiger partial charge in [0.05, 0.1) is 57.6 Å². The van der Waals surface area contributed by atoms with Crippen LogP contribution in [0.3, 0.4) is 0 Å². The summed E-state index contributed by atoms with van der Waals surface area (Å²) in [6.07, 6.45) is 3.53. The molecule has 11 heteroatoms. The number of methoxy groups -OCH3 is 4. The van der Waals surface area contributed by atoms with E-state index in [1.165, 1.54) is 6.92 Å². The number of amides is 2. The van der Waals surface area contributed by atoms with E-state index in [0.717, 1.165) is 27.6 Å². The van der Waals surface area contributed by atoms with Gasteiger partial charge in [-0.05, 0) is 72.4 Å². The summed E-state index contributed by atoms with van der Waals surface area (Å²) in [7, 11) is 6.28. The van der Waals surface area contributed by atoms with Crippen LogP contribution in [-0.2, 0) is 16.0 Å². The van der Waals surface area contributed by atoms with Crippen molar-refractivity contribution in [1.82, 2.24) is 10.3 Å². The average molecular weight is 627 g/mol. The minimum atomic E-state index is -0.398. The monoisotopic (exact) mass is 626 g/mol. The van der Waals surface area contributed by atoms with Crippen LogP contribution in [0, 0.1) is 0 Å². The maximum Gasteiger partial charge on any atom is 0.224 e. The van der Waals surface area contributed by atoms with Crippen LogP contribution in [0.2, 0.25) is 0 Å². The van der Waals surface area contributed by atoms with Gasteiger partial charge < -0.3 is 34.9 Å². The Morgan fingerprint density at radius 1 is 0.935 bits per heavy atom. The number of hydrogen-bond donors (Lipinski definition) is 3. The molecule has 240 valence electrons. The summed E-state index contributed by atoms with van der Waals surface area (Å²) in [5.41, 5.74) is 4.68. The smallest absolute Gasteiger partial charge is 0.224 e. The third kappa shape index (κ3) is 6.83. The van der Waals surface area contributed by atoms with E-state index < -0.39 is 6.04 Å². The van der Waals surface area contributed by atoms with E-state index in [0.29, 0.717) is 65.7 Å². The van der Waals surface area contributed by atoms with Crippen molar-refractivity contribution in [3.8, 4) is 34.1 Å². The van der Waals surface area contributed by atoms with Gasteiger partial charge in [0.2, 0.25) is 23.0 Å². The lowest BCUT2D eigenvalue weighted by Gasteiger charge is -2.19. The van der Waals surface area contributed by atoms with Gasteiger partial charge in [0, 0.05) is 36.9 Å². The number of carbonyl (C=O) groups excluding carboxylic acids is 2. The summed E-state index contributed by atoms with van der Waals surface area (Å²) in [4.78, 5) is 42.8. The van der Waals surface area contributed by atoms with Gasteiger partial charge >= 0.3 is 0 Å². The van der Waals surface area contributed by atoms with Crippen molar-refractivity contribution in [3.05, 3.63) is 76.1 Å². The van der Waals surface area contributed by atoms with Crippen LogP contribution in [-0.4, -0.2) is 51.8 Å². The van der Waals surface area contributed by atoms with E-state index in [9.17, 15) is 14.4 Å². The molecule has 0 spiro atoms. The largest absolute Gasteiger partial charge is 0.497 e. The Balaban J connectivity index is 1.35. The number of carbonyl (C=O) groups is 2. The summed E-state index contributed by atoms with van der Waals surface area (Å²) in [5.74, 6) is 1.83. The minimum absolute atomic E-state index is 0.157. The Morgan fingerprint density at radius 2 is 1.74 bits per heavy atom. The third-order valence-corrected chi connectivity index (χ3v) is 7.99. The van der Waals surface area contributed by atoms with Crippen molar-refractivity contribution >= 4 is 34.1 Å². The van der Waals surface area contributed by atoms with Gasteiger partial charge in [-0.25, -0.2) is 0 Å². The molecule has 46 heavy (non-hydrogen) atoms. The second-order valence-electron chi connectivity index (χ2n) is 11.0. The molecule has 0 fully saturated rings. The highest BCUT2D eigenvalue weighted by molar-refractivity contribution is 5.93. The Labute approximate surface area is 267 Å². The molecule has 1 atom stereocenters. The quantitative estimate of drug-likeness (QED) is 0.191. The van der Waals surface area contributed by atoms with E-state index in [1.807, 2.05) is 36.4 Å². The number of pyridine rings is 1. The Bertz CT molecular complexity index is 1840. The molecular formula is C35H38N4O7. The molecule has 1 aliphatic rings. The highest BCUT2D eigenvalue weighted by atomic mass is 16.5. The van der Waals surface area contributed by atoms with E-state index in [-0.39, 0.29) is 23.7 Å². The Morgan fingerprint density at radius 3 is 2.46 bits per heavy atom. The van der Waals surface area contributed by atoms with E-state index in [4.69, 9.17) is 18.9 Å². The molecule has 1 heterocycles. The predicted molar refractivity (Wildman–Crippen MR) is 177 cm³/mol. The highest BCUT2D eigenvalue weighted by Gasteiger charge is 2.29. The first-order valence-corrected chi connectivity index (χ1v) is 15.0. The summed E-state index contributed by atoms with van der Waals surface area (Å²) in [6, 6.07) is 14.1. The Hall–Kier alpha value is -5.32. The molecule has 4 aromatic rings. The zero-order valence-corrected chi connectivity index (χ0v) is 26.6. The second kappa shape index (κ2) is 14.2. The van der Waals surface area contributed by atoms with Crippen molar-refractivity contribution in [2.45, 2.75) is 38.6 Å². The zero-order valence-electron chi connectivity index (χ0n) is 26.6. The number of fused-ring (bicyclic) bond motifs is 4. The molecule has 3 aromatic carbocycles. The van der Waals surface area contributed by atoms with Crippen LogP contribution in [0.4, 0.5) is 11.4 Å². The number of nitrogens with zero attached hydrogens (tertiary/aromatic N) is 1. The predicted octanol–water partition coefficient (Wildman–Crippen LogP) is 5.25.